The highest BCUT2D eigenvalue weighted by Crippen LogP contribution is 2.30. The second kappa shape index (κ2) is 5.25. The number of methoxy groups -OCH3 is 1. The molecule has 0 bridgehead atoms. The fourth-order valence-corrected chi connectivity index (χ4v) is 2.04. The van der Waals surface area contributed by atoms with Gasteiger partial charge in [-0.15, -0.1) is 0 Å². The summed E-state index contributed by atoms with van der Waals surface area (Å²) in [5.41, 5.74) is 0. The third-order valence-electron chi connectivity index (χ3n) is 3.12. The van der Waals surface area contributed by atoms with Crippen LogP contribution in [0.4, 0.5) is 0 Å². The smallest absolute Gasteiger partial charge is 0.305 e. The highest BCUT2D eigenvalue weighted by molar-refractivity contribution is 5.69. The maximum Gasteiger partial charge on any atom is 0.305 e. The molecular formula is C11H20O2. The van der Waals surface area contributed by atoms with E-state index in [2.05, 4.69) is 11.7 Å². The van der Waals surface area contributed by atoms with E-state index >= 15 is 0 Å². The van der Waals surface area contributed by atoms with Crippen LogP contribution < -0.4 is 0 Å². The molecule has 76 valence electrons. The number of esters is 1. The predicted molar refractivity (Wildman–Crippen MR) is 52.4 cm³/mol. The number of carbonyl (C=O) groups is 1. The number of hydrogen-bond donors (Lipinski definition) is 0. The molecular weight excluding hydrogens is 164 g/mol. The van der Waals surface area contributed by atoms with E-state index in [0.29, 0.717) is 6.42 Å². The highest BCUT2D eigenvalue weighted by atomic mass is 16.5. The molecule has 13 heavy (non-hydrogen) atoms. The zero-order valence-corrected chi connectivity index (χ0v) is 8.71. The van der Waals surface area contributed by atoms with Gasteiger partial charge in [-0.1, -0.05) is 32.6 Å². The molecule has 0 spiro atoms. The monoisotopic (exact) mass is 184 g/mol. The maximum absolute atomic E-state index is 10.9. The Kier molecular flexibility index (Phi) is 4.26. The molecule has 0 amide bonds. The summed E-state index contributed by atoms with van der Waals surface area (Å²) in [4.78, 5) is 10.9. The minimum absolute atomic E-state index is 0.0568. The summed E-state index contributed by atoms with van der Waals surface area (Å²) in [6.07, 6.45) is 6.92. The normalized spacial score (nSPS) is 28.5. The van der Waals surface area contributed by atoms with Gasteiger partial charge in [0.2, 0.25) is 0 Å². The lowest BCUT2D eigenvalue weighted by Gasteiger charge is -2.25. The van der Waals surface area contributed by atoms with E-state index in [1.165, 1.54) is 32.8 Å². The Morgan fingerprint density at radius 1 is 1.31 bits per heavy atom. The molecule has 1 saturated carbocycles. The summed E-state index contributed by atoms with van der Waals surface area (Å²) >= 11 is 0. The maximum atomic E-state index is 10.9. The summed E-state index contributed by atoms with van der Waals surface area (Å²) in [6, 6.07) is 0. The molecule has 0 aromatic rings. The predicted octanol–water partition coefficient (Wildman–Crippen LogP) is 2.77. The van der Waals surface area contributed by atoms with Gasteiger partial charge in [-0.3, -0.25) is 4.79 Å². The molecule has 0 N–H and O–H groups in total. The first-order valence-corrected chi connectivity index (χ1v) is 5.29. The van der Waals surface area contributed by atoms with Crippen molar-refractivity contribution in [2.45, 2.75) is 45.4 Å². The minimum atomic E-state index is -0.0568. The Hall–Kier alpha value is -0.530. The molecule has 1 rings (SSSR count). The van der Waals surface area contributed by atoms with Crippen LogP contribution in [-0.2, 0) is 9.53 Å². The van der Waals surface area contributed by atoms with Crippen molar-refractivity contribution in [3.63, 3.8) is 0 Å². The lowest BCUT2D eigenvalue weighted by Crippen LogP contribution is -2.13. The second-order valence-corrected chi connectivity index (χ2v) is 4.24. The molecule has 0 aromatic carbocycles. The Bertz CT molecular complexity index is 157. The van der Waals surface area contributed by atoms with Crippen LogP contribution in [0.25, 0.3) is 0 Å². The Morgan fingerprint density at radius 3 is 2.46 bits per heavy atom. The average molecular weight is 184 g/mol. The number of hydrogen-bond acceptors (Lipinski definition) is 2. The average Bonchev–Trinajstić information content (AvgIpc) is 2.16. The molecule has 0 aliphatic heterocycles. The van der Waals surface area contributed by atoms with Crippen LogP contribution in [0.3, 0.4) is 0 Å². The van der Waals surface area contributed by atoms with Crippen molar-refractivity contribution < 1.29 is 9.53 Å². The van der Waals surface area contributed by atoms with E-state index in [0.717, 1.165) is 18.3 Å². The van der Waals surface area contributed by atoms with Crippen molar-refractivity contribution in [2.75, 3.05) is 7.11 Å². The second-order valence-electron chi connectivity index (χ2n) is 4.24. The molecule has 1 aliphatic rings. The van der Waals surface area contributed by atoms with E-state index in [9.17, 15) is 4.79 Å². The lowest BCUT2D eigenvalue weighted by molar-refractivity contribution is -0.141. The van der Waals surface area contributed by atoms with Gasteiger partial charge in [-0.25, -0.2) is 0 Å². The van der Waals surface area contributed by atoms with Gasteiger partial charge in [0.15, 0.2) is 0 Å². The number of ether oxygens (including phenoxy) is 1. The Labute approximate surface area is 80.7 Å². The molecule has 0 saturated heterocycles. The molecule has 2 nitrogen and oxygen atoms in total. The van der Waals surface area contributed by atoms with Crippen LogP contribution in [0.2, 0.25) is 0 Å². The minimum Gasteiger partial charge on any atom is -0.469 e. The van der Waals surface area contributed by atoms with Crippen LogP contribution >= 0.6 is 0 Å². The van der Waals surface area contributed by atoms with Gasteiger partial charge in [0.05, 0.1) is 7.11 Å². The quantitative estimate of drug-likeness (QED) is 0.630. The van der Waals surface area contributed by atoms with E-state index in [4.69, 9.17) is 0 Å². The zero-order chi connectivity index (χ0) is 9.68. The first-order valence-electron chi connectivity index (χ1n) is 5.29. The van der Waals surface area contributed by atoms with Gasteiger partial charge in [-0.05, 0) is 18.3 Å². The van der Waals surface area contributed by atoms with Crippen molar-refractivity contribution in [3.8, 4) is 0 Å². The van der Waals surface area contributed by atoms with Gasteiger partial charge in [0, 0.05) is 6.42 Å². The zero-order valence-electron chi connectivity index (χ0n) is 8.71. The van der Waals surface area contributed by atoms with Crippen LogP contribution in [0.1, 0.15) is 45.4 Å². The van der Waals surface area contributed by atoms with Crippen LogP contribution in [0, 0.1) is 11.8 Å². The van der Waals surface area contributed by atoms with Crippen LogP contribution in [-0.4, -0.2) is 13.1 Å². The van der Waals surface area contributed by atoms with Crippen LogP contribution in [0.5, 0.6) is 0 Å². The third-order valence-corrected chi connectivity index (χ3v) is 3.12. The Balaban J connectivity index is 2.12. The van der Waals surface area contributed by atoms with Crippen LogP contribution in [0.15, 0.2) is 0 Å². The summed E-state index contributed by atoms with van der Waals surface area (Å²) in [6.45, 7) is 2.32. The first-order chi connectivity index (χ1) is 6.22. The third kappa shape index (κ3) is 3.79. The molecule has 2 heteroatoms. The molecule has 0 heterocycles. The standard InChI is InChI=1S/C11H20O2/c1-9-3-5-10(6-4-9)7-8-11(12)13-2/h9-10H,3-8H2,1-2H3. The van der Waals surface area contributed by atoms with Crippen molar-refractivity contribution >= 4 is 5.97 Å². The van der Waals surface area contributed by atoms with E-state index in [1.807, 2.05) is 0 Å². The van der Waals surface area contributed by atoms with E-state index in [1.54, 1.807) is 0 Å². The number of carbonyl (C=O) groups excluding carboxylic acids is 1. The molecule has 0 unspecified atom stereocenters. The number of rotatable bonds is 3. The van der Waals surface area contributed by atoms with Crippen molar-refractivity contribution in [3.05, 3.63) is 0 Å². The summed E-state index contributed by atoms with van der Waals surface area (Å²) in [7, 11) is 1.46. The summed E-state index contributed by atoms with van der Waals surface area (Å²) < 4.78 is 4.62. The van der Waals surface area contributed by atoms with E-state index < -0.39 is 0 Å². The van der Waals surface area contributed by atoms with Crippen molar-refractivity contribution in [1.82, 2.24) is 0 Å². The van der Waals surface area contributed by atoms with Gasteiger partial charge in [0.1, 0.15) is 0 Å². The van der Waals surface area contributed by atoms with E-state index in [-0.39, 0.29) is 5.97 Å². The van der Waals surface area contributed by atoms with Gasteiger partial charge < -0.3 is 4.74 Å². The van der Waals surface area contributed by atoms with Gasteiger partial charge in [-0.2, -0.15) is 0 Å². The first kappa shape index (κ1) is 10.6. The molecule has 0 radical (unpaired) electrons. The molecule has 1 fully saturated rings. The summed E-state index contributed by atoms with van der Waals surface area (Å²) in [5, 5.41) is 0. The fraction of sp³-hybridized carbons (Fsp3) is 0.909. The molecule has 0 aromatic heterocycles. The van der Waals surface area contributed by atoms with Crippen molar-refractivity contribution in [1.29, 1.82) is 0 Å². The fourth-order valence-electron chi connectivity index (χ4n) is 2.04. The molecule has 0 atom stereocenters. The largest absolute Gasteiger partial charge is 0.469 e. The molecule has 1 aliphatic carbocycles. The van der Waals surface area contributed by atoms with Gasteiger partial charge >= 0.3 is 5.97 Å². The highest BCUT2D eigenvalue weighted by Gasteiger charge is 2.18. The lowest BCUT2D eigenvalue weighted by atomic mass is 9.81. The topological polar surface area (TPSA) is 26.3 Å². The van der Waals surface area contributed by atoms with Crippen molar-refractivity contribution in [2.24, 2.45) is 11.8 Å². The SMILES string of the molecule is COC(=O)CCC1CCC(C)CC1. The van der Waals surface area contributed by atoms with Gasteiger partial charge in [0.25, 0.3) is 0 Å². The Morgan fingerprint density at radius 2 is 1.92 bits per heavy atom. The summed E-state index contributed by atoms with van der Waals surface area (Å²) in [5.74, 6) is 1.61.